The van der Waals surface area contributed by atoms with Gasteiger partial charge in [-0.05, 0) is 60.7 Å². The molecule has 0 saturated heterocycles. The van der Waals surface area contributed by atoms with Gasteiger partial charge in [0.2, 0.25) is 0 Å². The molecule has 1 N–H and O–H groups in total. The van der Waals surface area contributed by atoms with Gasteiger partial charge in [-0.15, -0.1) is 0 Å². The molecule has 0 heterocycles. The topological polar surface area (TPSA) is 12.0 Å². The summed E-state index contributed by atoms with van der Waals surface area (Å²) in [4.78, 5) is 0. The summed E-state index contributed by atoms with van der Waals surface area (Å²) >= 11 is 0. The van der Waals surface area contributed by atoms with Crippen LogP contribution in [0.1, 0.15) is 72.6 Å². The summed E-state index contributed by atoms with van der Waals surface area (Å²) in [5.41, 5.74) is 1.82. The lowest BCUT2D eigenvalue weighted by Gasteiger charge is -2.40. The van der Waals surface area contributed by atoms with E-state index in [1.807, 2.05) is 0 Å². The van der Waals surface area contributed by atoms with Crippen molar-refractivity contribution in [3.05, 3.63) is 0 Å². The van der Waals surface area contributed by atoms with Crippen molar-refractivity contribution in [3.8, 4) is 0 Å². The molecule has 0 aliphatic heterocycles. The molecule has 0 aromatic rings. The molecule has 18 heavy (non-hydrogen) atoms. The Hall–Kier alpha value is -0.0400. The van der Waals surface area contributed by atoms with Gasteiger partial charge in [0, 0.05) is 12.6 Å². The minimum absolute atomic E-state index is 0.556. The van der Waals surface area contributed by atoms with Crippen LogP contribution >= 0.6 is 0 Å². The lowest BCUT2D eigenvalue weighted by atomic mass is 9.69. The van der Waals surface area contributed by atoms with Crippen molar-refractivity contribution in [3.63, 3.8) is 0 Å². The normalized spacial score (nSPS) is 43.3. The zero-order valence-electron chi connectivity index (χ0n) is 12.8. The SMILES string of the molecule is CCCC1(CNC2CC3CCC2(C)C3(C)C)CC1. The molecule has 3 aliphatic carbocycles. The Bertz CT molecular complexity index is 329. The van der Waals surface area contributed by atoms with Crippen LogP contribution in [0, 0.1) is 22.2 Å². The molecule has 3 atom stereocenters. The van der Waals surface area contributed by atoms with Crippen molar-refractivity contribution in [1.29, 1.82) is 0 Å². The zero-order chi connectivity index (χ0) is 13.0. The highest BCUT2D eigenvalue weighted by Crippen LogP contribution is 2.65. The molecule has 0 aromatic carbocycles. The summed E-state index contributed by atoms with van der Waals surface area (Å²) in [5, 5.41) is 4.00. The third-order valence-electron chi connectivity index (χ3n) is 7.25. The van der Waals surface area contributed by atoms with Crippen LogP contribution in [-0.2, 0) is 0 Å². The lowest BCUT2D eigenvalue weighted by molar-refractivity contribution is 0.117. The first-order chi connectivity index (χ1) is 8.44. The molecular weight excluding hydrogens is 218 g/mol. The fraction of sp³-hybridized carbons (Fsp3) is 1.00. The maximum absolute atomic E-state index is 4.00. The summed E-state index contributed by atoms with van der Waals surface area (Å²) in [6.07, 6.45) is 10.1. The molecule has 0 spiro atoms. The van der Waals surface area contributed by atoms with Crippen LogP contribution in [0.4, 0.5) is 0 Å². The molecular formula is C17H31N. The number of hydrogen-bond donors (Lipinski definition) is 1. The van der Waals surface area contributed by atoms with Crippen LogP contribution in [0.2, 0.25) is 0 Å². The highest BCUT2D eigenvalue weighted by molar-refractivity contribution is 5.13. The van der Waals surface area contributed by atoms with Gasteiger partial charge < -0.3 is 5.32 Å². The third kappa shape index (κ3) is 1.69. The van der Waals surface area contributed by atoms with Crippen molar-refractivity contribution < 1.29 is 0 Å². The van der Waals surface area contributed by atoms with Crippen LogP contribution in [0.3, 0.4) is 0 Å². The van der Waals surface area contributed by atoms with Crippen LogP contribution in [0.25, 0.3) is 0 Å². The Labute approximate surface area is 113 Å². The highest BCUT2D eigenvalue weighted by atomic mass is 15.0. The maximum Gasteiger partial charge on any atom is 0.0129 e. The van der Waals surface area contributed by atoms with E-state index in [-0.39, 0.29) is 0 Å². The summed E-state index contributed by atoms with van der Waals surface area (Å²) in [7, 11) is 0. The number of nitrogens with one attached hydrogen (secondary N) is 1. The Balaban J connectivity index is 1.62. The van der Waals surface area contributed by atoms with Crippen molar-refractivity contribution >= 4 is 0 Å². The van der Waals surface area contributed by atoms with Crippen molar-refractivity contribution in [1.82, 2.24) is 5.32 Å². The van der Waals surface area contributed by atoms with Crippen molar-refractivity contribution in [2.45, 2.75) is 78.7 Å². The molecule has 0 amide bonds. The second-order valence-electron chi connectivity index (χ2n) is 8.29. The third-order valence-corrected chi connectivity index (χ3v) is 7.25. The van der Waals surface area contributed by atoms with Crippen molar-refractivity contribution in [2.24, 2.45) is 22.2 Å². The maximum atomic E-state index is 4.00. The first-order valence-corrected chi connectivity index (χ1v) is 8.17. The summed E-state index contributed by atoms with van der Waals surface area (Å²) in [6, 6.07) is 0.792. The fourth-order valence-corrected chi connectivity index (χ4v) is 5.07. The van der Waals surface area contributed by atoms with Crippen LogP contribution in [0.15, 0.2) is 0 Å². The molecule has 104 valence electrons. The highest BCUT2D eigenvalue weighted by Gasteiger charge is 2.61. The van der Waals surface area contributed by atoms with Gasteiger partial charge in [0.1, 0.15) is 0 Å². The van der Waals surface area contributed by atoms with Crippen LogP contribution < -0.4 is 5.32 Å². The first-order valence-electron chi connectivity index (χ1n) is 8.17. The fourth-order valence-electron chi connectivity index (χ4n) is 5.07. The van der Waals surface area contributed by atoms with E-state index in [1.54, 1.807) is 0 Å². The Kier molecular flexibility index (Phi) is 2.86. The first kappa shape index (κ1) is 13.0. The average Bonchev–Trinajstić information content (AvgIpc) is 3.00. The molecule has 3 saturated carbocycles. The predicted molar refractivity (Wildman–Crippen MR) is 77.6 cm³/mol. The average molecular weight is 249 g/mol. The van der Waals surface area contributed by atoms with Gasteiger partial charge in [-0.2, -0.15) is 0 Å². The molecule has 2 bridgehead atoms. The molecule has 3 aliphatic rings. The number of hydrogen-bond acceptors (Lipinski definition) is 1. The van der Waals surface area contributed by atoms with Gasteiger partial charge in [-0.25, -0.2) is 0 Å². The predicted octanol–water partition coefficient (Wildman–Crippen LogP) is 4.37. The summed E-state index contributed by atoms with van der Waals surface area (Å²) < 4.78 is 0. The van der Waals surface area contributed by atoms with E-state index in [4.69, 9.17) is 0 Å². The summed E-state index contributed by atoms with van der Waals surface area (Å²) in [5.74, 6) is 0.973. The molecule has 0 radical (unpaired) electrons. The molecule has 1 nitrogen and oxygen atoms in total. The minimum atomic E-state index is 0.556. The largest absolute Gasteiger partial charge is 0.313 e. The van der Waals surface area contributed by atoms with Crippen molar-refractivity contribution in [2.75, 3.05) is 6.54 Å². The molecule has 3 fully saturated rings. The molecule has 3 rings (SSSR count). The van der Waals surface area contributed by atoms with Gasteiger partial charge in [0.25, 0.3) is 0 Å². The number of fused-ring (bicyclic) bond motifs is 2. The monoisotopic (exact) mass is 249 g/mol. The van der Waals surface area contributed by atoms with Gasteiger partial charge in [-0.3, -0.25) is 0 Å². The van der Waals surface area contributed by atoms with E-state index in [0.717, 1.165) is 12.0 Å². The van der Waals surface area contributed by atoms with E-state index < -0.39 is 0 Å². The Morgan fingerprint density at radius 1 is 1.11 bits per heavy atom. The van der Waals surface area contributed by atoms with Crippen LogP contribution in [0.5, 0.6) is 0 Å². The number of rotatable bonds is 5. The minimum Gasteiger partial charge on any atom is -0.313 e. The Morgan fingerprint density at radius 2 is 1.83 bits per heavy atom. The van der Waals surface area contributed by atoms with Gasteiger partial charge >= 0.3 is 0 Å². The molecule has 3 unspecified atom stereocenters. The standard InChI is InChI=1S/C17H31N/c1-5-7-17(9-10-17)12-18-14-11-13-6-8-16(14,4)15(13,2)3/h13-14,18H,5-12H2,1-4H3. The quantitative estimate of drug-likeness (QED) is 0.763. The van der Waals surface area contributed by atoms with Gasteiger partial charge in [0.05, 0.1) is 0 Å². The van der Waals surface area contributed by atoms with E-state index in [2.05, 4.69) is 33.0 Å². The molecule has 1 heteroatoms. The second kappa shape index (κ2) is 3.98. The van der Waals surface area contributed by atoms with Gasteiger partial charge in [-0.1, -0.05) is 34.1 Å². The summed E-state index contributed by atoms with van der Waals surface area (Å²) in [6.45, 7) is 11.2. The Morgan fingerprint density at radius 3 is 2.28 bits per heavy atom. The molecule has 0 aromatic heterocycles. The zero-order valence-corrected chi connectivity index (χ0v) is 12.8. The second-order valence-corrected chi connectivity index (χ2v) is 8.29. The van der Waals surface area contributed by atoms with Crippen LogP contribution in [-0.4, -0.2) is 12.6 Å². The van der Waals surface area contributed by atoms with Gasteiger partial charge in [0.15, 0.2) is 0 Å². The van der Waals surface area contributed by atoms with E-state index >= 15 is 0 Å². The van der Waals surface area contributed by atoms with E-state index in [1.165, 1.54) is 51.5 Å². The smallest absolute Gasteiger partial charge is 0.0129 e. The van der Waals surface area contributed by atoms with E-state index in [9.17, 15) is 0 Å². The lowest BCUT2D eigenvalue weighted by Crippen LogP contribution is -2.46. The van der Waals surface area contributed by atoms with E-state index in [0.29, 0.717) is 16.2 Å².